The second-order valence-corrected chi connectivity index (χ2v) is 5.69. The smallest absolute Gasteiger partial charge is 0.273 e. The minimum atomic E-state index is -0.455. The van der Waals surface area contributed by atoms with Crippen LogP contribution in [0.3, 0.4) is 0 Å². The largest absolute Gasteiger partial charge is 0.337 e. The first kappa shape index (κ1) is 13.0. The lowest BCUT2D eigenvalue weighted by Gasteiger charge is -2.15. The fourth-order valence-electron chi connectivity index (χ4n) is 2.02. The first-order valence-electron chi connectivity index (χ1n) is 5.67. The van der Waals surface area contributed by atoms with Crippen molar-refractivity contribution < 1.29 is 9.72 Å². The molecule has 0 N–H and O–H groups in total. The summed E-state index contributed by atoms with van der Waals surface area (Å²) in [7, 11) is 0. The van der Waals surface area contributed by atoms with E-state index in [4.69, 9.17) is 0 Å². The van der Waals surface area contributed by atoms with E-state index in [1.807, 2.05) is 0 Å². The van der Waals surface area contributed by atoms with Crippen LogP contribution >= 0.6 is 15.9 Å². The molecule has 6 heteroatoms. The highest BCUT2D eigenvalue weighted by molar-refractivity contribution is 9.09. The van der Waals surface area contributed by atoms with Crippen molar-refractivity contribution >= 4 is 27.5 Å². The topological polar surface area (TPSA) is 63.5 Å². The van der Waals surface area contributed by atoms with Gasteiger partial charge in [-0.2, -0.15) is 0 Å². The number of likely N-dealkylation sites (tertiary alicyclic amines) is 1. The zero-order chi connectivity index (χ0) is 13.3. The van der Waals surface area contributed by atoms with Crippen molar-refractivity contribution in [2.24, 2.45) is 0 Å². The molecule has 2 rings (SSSR count). The Morgan fingerprint density at radius 2 is 2.28 bits per heavy atom. The number of benzene rings is 1. The first-order valence-corrected chi connectivity index (χ1v) is 6.59. The third-order valence-electron chi connectivity index (χ3n) is 3.07. The average molecular weight is 313 g/mol. The molecule has 0 aromatic heterocycles. The van der Waals surface area contributed by atoms with Crippen LogP contribution in [0.15, 0.2) is 18.2 Å². The molecule has 96 valence electrons. The van der Waals surface area contributed by atoms with Crippen molar-refractivity contribution in [1.82, 2.24) is 4.90 Å². The van der Waals surface area contributed by atoms with E-state index < -0.39 is 4.92 Å². The van der Waals surface area contributed by atoms with Crippen LogP contribution in [0.2, 0.25) is 0 Å². The molecule has 0 bridgehead atoms. The minimum Gasteiger partial charge on any atom is -0.337 e. The number of hydrogen-bond acceptors (Lipinski definition) is 3. The minimum absolute atomic E-state index is 0.00422. The van der Waals surface area contributed by atoms with Crippen LogP contribution in [0.4, 0.5) is 5.69 Å². The number of carbonyl (C=O) groups excluding carboxylic acids is 1. The van der Waals surface area contributed by atoms with Crippen LogP contribution in [-0.4, -0.2) is 33.6 Å². The highest BCUT2D eigenvalue weighted by Gasteiger charge is 2.26. The highest BCUT2D eigenvalue weighted by Crippen LogP contribution is 2.23. The molecule has 1 fully saturated rings. The normalized spacial score (nSPS) is 19.0. The summed E-state index contributed by atoms with van der Waals surface area (Å²) in [6.07, 6.45) is 0.916. The molecule has 1 aliphatic heterocycles. The van der Waals surface area contributed by atoms with Crippen molar-refractivity contribution in [3.63, 3.8) is 0 Å². The van der Waals surface area contributed by atoms with Crippen LogP contribution in [0.5, 0.6) is 0 Å². The number of aryl methyl sites for hydroxylation is 1. The second-order valence-electron chi connectivity index (χ2n) is 4.40. The highest BCUT2D eigenvalue weighted by atomic mass is 79.9. The third kappa shape index (κ3) is 2.53. The first-order chi connectivity index (χ1) is 8.49. The Bertz CT molecular complexity index is 504. The van der Waals surface area contributed by atoms with Gasteiger partial charge >= 0.3 is 0 Å². The standard InChI is InChI=1S/C12H13BrN2O3/c1-8-2-3-9(6-11(8)15(17)18)12(16)14-5-4-10(13)7-14/h2-3,6,10H,4-5,7H2,1H3. The quantitative estimate of drug-likeness (QED) is 0.479. The Balaban J connectivity index is 2.26. The van der Waals surface area contributed by atoms with E-state index in [1.165, 1.54) is 6.07 Å². The SMILES string of the molecule is Cc1ccc(C(=O)N2CCC(Br)C2)cc1[N+](=O)[O-]. The summed E-state index contributed by atoms with van der Waals surface area (Å²) in [4.78, 5) is 24.6. The summed E-state index contributed by atoms with van der Waals surface area (Å²) in [5.74, 6) is -0.139. The fraction of sp³-hybridized carbons (Fsp3) is 0.417. The van der Waals surface area contributed by atoms with E-state index in [9.17, 15) is 14.9 Å². The van der Waals surface area contributed by atoms with Gasteiger partial charge < -0.3 is 4.90 Å². The Morgan fingerprint density at radius 3 is 2.83 bits per heavy atom. The Labute approximate surface area is 113 Å². The fourth-order valence-corrected chi connectivity index (χ4v) is 2.58. The molecule has 1 aromatic rings. The summed E-state index contributed by atoms with van der Waals surface area (Å²) in [6, 6.07) is 4.62. The molecule has 0 radical (unpaired) electrons. The van der Waals surface area contributed by atoms with Gasteiger partial charge in [-0.3, -0.25) is 14.9 Å². The van der Waals surface area contributed by atoms with Crippen LogP contribution in [-0.2, 0) is 0 Å². The number of hydrogen-bond donors (Lipinski definition) is 0. The van der Waals surface area contributed by atoms with E-state index in [2.05, 4.69) is 15.9 Å². The van der Waals surface area contributed by atoms with Crippen LogP contribution in [0.1, 0.15) is 22.3 Å². The molecule has 0 aliphatic carbocycles. The van der Waals surface area contributed by atoms with Gasteiger partial charge in [0.15, 0.2) is 0 Å². The van der Waals surface area contributed by atoms with Gasteiger partial charge in [-0.05, 0) is 19.4 Å². The monoisotopic (exact) mass is 312 g/mol. The number of nitro benzene ring substituents is 1. The summed E-state index contributed by atoms with van der Waals surface area (Å²) >= 11 is 3.47. The van der Waals surface area contributed by atoms with Gasteiger partial charge in [0.25, 0.3) is 11.6 Å². The van der Waals surface area contributed by atoms with E-state index >= 15 is 0 Å². The zero-order valence-electron chi connectivity index (χ0n) is 9.93. The van der Waals surface area contributed by atoms with E-state index in [1.54, 1.807) is 24.0 Å². The van der Waals surface area contributed by atoms with Crippen LogP contribution in [0, 0.1) is 17.0 Å². The molecule has 0 saturated carbocycles. The number of nitrogens with zero attached hydrogens (tertiary/aromatic N) is 2. The van der Waals surface area contributed by atoms with Crippen molar-refractivity contribution in [3.05, 3.63) is 39.4 Å². The molecular weight excluding hydrogens is 300 g/mol. The van der Waals surface area contributed by atoms with Gasteiger partial charge in [-0.25, -0.2) is 0 Å². The second kappa shape index (κ2) is 5.06. The molecule has 5 nitrogen and oxygen atoms in total. The van der Waals surface area contributed by atoms with Gasteiger partial charge in [-0.1, -0.05) is 22.0 Å². The molecule has 18 heavy (non-hydrogen) atoms. The van der Waals surface area contributed by atoms with Gasteiger partial charge in [0.1, 0.15) is 0 Å². The van der Waals surface area contributed by atoms with Gasteiger partial charge in [0.05, 0.1) is 4.92 Å². The van der Waals surface area contributed by atoms with Crippen LogP contribution in [0.25, 0.3) is 0 Å². The van der Waals surface area contributed by atoms with Gasteiger partial charge in [0, 0.05) is 35.1 Å². The number of amides is 1. The zero-order valence-corrected chi connectivity index (χ0v) is 11.5. The molecule has 1 amide bonds. The van der Waals surface area contributed by atoms with E-state index in [-0.39, 0.29) is 11.6 Å². The predicted octanol–water partition coefficient (Wildman–Crippen LogP) is 2.51. The lowest BCUT2D eigenvalue weighted by Crippen LogP contribution is -2.28. The molecule has 1 aromatic carbocycles. The molecule has 1 aliphatic rings. The summed E-state index contributed by atoms with van der Waals surface area (Å²) in [5, 5.41) is 10.8. The maximum atomic E-state index is 12.2. The van der Waals surface area contributed by atoms with Crippen molar-refractivity contribution in [2.45, 2.75) is 18.2 Å². The number of halogens is 1. The number of alkyl halides is 1. The molecule has 0 spiro atoms. The average Bonchev–Trinajstić information content (AvgIpc) is 2.75. The Morgan fingerprint density at radius 1 is 1.56 bits per heavy atom. The van der Waals surface area contributed by atoms with Gasteiger partial charge in [-0.15, -0.1) is 0 Å². The molecular formula is C12H13BrN2O3. The van der Waals surface area contributed by atoms with Gasteiger partial charge in [0.2, 0.25) is 0 Å². The Hall–Kier alpha value is -1.43. The van der Waals surface area contributed by atoms with Crippen LogP contribution < -0.4 is 0 Å². The molecule has 1 unspecified atom stereocenters. The lowest BCUT2D eigenvalue weighted by molar-refractivity contribution is -0.385. The summed E-state index contributed by atoms with van der Waals surface area (Å²) in [5.41, 5.74) is 0.945. The number of nitro groups is 1. The van der Waals surface area contributed by atoms with Crippen molar-refractivity contribution in [3.8, 4) is 0 Å². The molecule has 1 heterocycles. The molecule has 1 saturated heterocycles. The Kier molecular flexibility index (Phi) is 3.65. The van der Waals surface area contributed by atoms with E-state index in [0.29, 0.717) is 29.0 Å². The maximum Gasteiger partial charge on any atom is 0.273 e. The summed E-state index contributed by atoms with van der Waals surface area (Å²) in [6.45, 7) is 3.01. The van der Waals surface area contributed by atoms with Crippen molar-refractivity contribution in [1.29, 1.82) is 0 Å². The number of carbonyl (C=O) groups is 1. The lowest BCUT2D eigenvalue weighted by atomic mass is 10.1. The molecule has 1 atom stereocenters. The van der Waals surface area contributed by atoms with Crippen molar-refractivity contribution in [2.75, 3.05) is 13.1 Å². The third-order valence-corrected chi connectivity index (χ3v) is 3.82. The predicted molar refractivity (Wildman–Crippen MR) is 71.1 cm³/mol. The van der Waals surface area contributed by atoms with E-state index in [0.717, 1.165) is 6.42 Å². The maximum absolute atomic E-state index is 12.2. The summed E-state index contributed by atoms with van der Waals surface area (Å²) < 4.78 is 0. The number of rotatable bonds is 2.